The average Bonchev–Trinajstić information content (AvgIpc) is 2.16. The van der Waals surface area contributed by atoms with Gasteiger partial charge in [0.2, 0.25) is 5.91 Å². The van der Waals surface area contributed by atoms with Crippen LogP contribution in [0.1, 0.15) is 40.0 Å². The van der Waals surface area contributed by atoms with E-state index >= 15 is 0 Å². The highest BCUT2D eigenvalue weighted by Gasteiger charge is 2.21. The molecule has 1 amide bonds. The molecule has 94 valence electrons. The van der Waals surface area contributed by atoms with Crippen LogP contribution in [0.4, 0.5) is 0 Å². The average molecular weight is 227 g/mol. The molecular weight excluding hydrogens is 202 g/mol. The van der Waals surface area contributed by atoms with Crippen LogP contribution in [-0.2, 0) is 4.79 Å². The highest BCUT2D eigenvalue weighted by atomic mass is 16.1. The lowest BCUT2D eigenvalue weighted by atomic mass is 10.0. The fourth-order valence-corrected chi connectivity index (χ4v) is 2.35. The Morgan fingerprint density at radius 3 is 2.38 bits per heavy atom. The fraction of sp³-hybridized carbons (Fsp3) is 0.917. The normalized spacial score (nSPS) is 21.2. The van der Waals surface area contributed by atoms with Crippen molar-refractivity contribution < 1.29 is 4.79 Å². The maximum atomic E-state index is 10.8. The summed E-state index contributed by atoms with van der Waals surface area (Å²) >= 11 is 0. The van der Waals surface area contributed by atoms with Gasteiger partial charge in [-0.1, -0.05) is 0 Å². The third-order valence-corrected chi connectivity index (χ3v) is 3.29. The van der Waals surface area contributed by atoms with E-state index in [4.69, 9.17) is 5.73 Å². The minimum Gasteiger partial charge on any atom is -0.370 e. The minimum atomic E-state index is -0.223. The lowest BCUT2D eigenvalue weighted by Crippen LogP contribution is -2.47. The lowest BCUT2D eigenvalue weighted by molar-refractivity contribution is -0.118. The van der Waals surface area contributed by atoms with Crippen molar-refractivity contribution in [1.82, 2.24) is 10.2 Å². The molecule has 16 heavy (non-hydrogen) atoms. The van der Waals surface area contributed by atoms with Gasteiger partial charge in [0.25, 0.3) is 0 Å². The van der Waals surface area contributed by atoms with Gasteiger partial charge in [-0.2, -0.15) is 0 Å². The molecular formula is C12H25N3O. The quantitative estimate of drug-likeness (QED) is 0.727. The number of carbonyl (C=O) groups is 1. The SMILES string of the molecule is CC(CC(N)=O)NC1CCN(C(C)C)CC1. The Balaban J connectivity index is 2.24. The number of carbonyl (C=O) groups excluding carboxylic acids is 1. The van der Waals surface area contributed by atoms with E-state index < -0.39 is 0 Å². The van der Waals surface area contributed by atoms with Crippen LogP contribution in [-0.4, -0.2) is 42.0 Å². The van der Waals surface area contributed by atoms with Gasteiger partial charge in [-0.05, 0) is 46.7 Å². The van der Waals surface area contributed by atoms with Crippen molar-refractivity contribution in [3.8, 4) is 0 Å². The number of nitrogens with zero attached hydrogens (tertiary/aromatic N) is 1. The molecule has 0 saturated carbocycles. The number of hydrogen-bond acceptors (Lipinski definition) is 3. The number of hydrogen-bond donors (Lipinski definition) is 2. The molecule has 0 aromatic rings. The molecule has 1 aliphatic rings. The highest BCUT2D eigenvalue weighted by Crippen LogP contribution is 2.13. The number of rotatable bonds is 5. The molecule has 3 N–H and O–H groups in total. The van der Waals surface area contributed by atoms with E-state index in [0.29, 0.717) is 18.5 Å². The zero-order valence-corrected chi connectivity index (χ0v) is 10.7. The third-order valence-electron chi connectivity index (χ3n) is 3.29. The summed E-state index contributed by atoms with van der Waals surface area (Å²) in [5, 5.41) is 3.48. The Labute approximate surface area is 98.6 Å². The standard InChI is InChI=1S/C12H25N3O/c1-9(2)15-6-4-11(5-7-15)14-10(3)8-12(13)16/h9-11,14H,4-8H2,1-3H3,(H2,13,16). The largest absolute Gasteiger partial charge is 0.370 e. The minimum absolute atomic E-state index is 0.202. The Kier molecular flexibility index (Phi) is 5.22. The Bertz CT molecular complexity index is 222. The van der Waals surface area contributed by atoms with E-state index in [1.54, 1.807) is 0 Å². The van der Waals surface area contributed by atoms with E-state index in [9.17, 15) is 4.79 Å². The van der Waals surface area contributed by atoms with Gasteiger partial charge in [-0.25, -0.2) is 0 Å². The van der Waals surface area contributed by atoms with Crippen LogP contribution in [0.25, 0.3) is 0 Å². The maximum Gasteiger partial charge on any atom is 0.218 e. The first-order valence-electron chi connectivity index (χ1n) is 6.27. The number of nitrogens with two attached hydrogens (primary N) is 1. The molecule has 0 aromatic carbocycles. The Morgan fingerprint density at radius 2 is 1.94 bits per heavy atom. The molecule has 1 rings (SSSR count). The first-order chi connectivity index (χ1) is 7.49. The van der Waals surface area contributed by atoms with Crippen molar-refractivity contribution in [2.24, 2.45) is 5.73 Å². The number of amides is 1. The second-order valence-corrected chi connectivity index (χ2v) is 5.14. The summed E-state index contributed by atoms with van der Waals surface area (Å²) in [6.07, 6.45) is 2.77. The van der Waals surface area contributed by atoms with Gasteiger partial charge in [0.05, 0.1) is 0 Å². The van der Waals surface area contributed by atoms with Crippen molar-refractivity contribution >= 4 is 5.91 Å². The van der Waals surface area contributed by atoms with Crippen LogP contribution >= 0.6 is 0 Å². The molecule has 1 heterocycles. The molecule has 0 aromatic heterocycles. The first kappa shape index (κ1) is 13.5. The summed E-state index contributed by atoms with van der Waals surface area (Å²) in [6.45, 7) is 8.81. The van der Waals surface area contributed by atoms with Gasteiger partial charge >= 0.3 is 0 Å². The van der Waals surface area contributed by atoms with Gasteiger partial charge < -0.3 is 16.0 Å². The van der Waals surface area contributed by atoms with Crippen molar-refractivity contribution in [2.75, 3.05) is 13.1 Å². The van der Waals surface area contributed by atoms with E-state index in [2.05, 4.69) is 24.1 Å². The summed E-state index contributed by atoms with van der Waals surface area (Å²) in [5.41, 5.74) is 5.17. The van der Waals surface area contributed by atoms with Gasteiger partial charge in [-0.15, -0.1) is 0 Å². The first-order valence-corrected chi connectivity index (χ1v) is 6.27. The van der Waals surface area contributed by atoms with Crippen molar-refractivity contribution in [2.45, 2.75) is 58.2 Å². The fourth-order valence-electron chi connectivity index (χ4n) is 2.35. The number of likely N-dealkylation sites (tertiary alicyclic amines) is 1. The van der Waals surface area contributed by atoms with Crippen LogP contribution < -0.4 is 11.1 Å². The Hall–Kier alpha value is -0.610. The third kappa shape index (κ3) is 4.49. The topological polar surface area (TPSA) is 58.4 Å². The molecule has 0 aliphatic carbocycles. The van der Waals surface area contributed by atoms with Crippen molar-refractivity contribution in [1.29, 1.82) is 0 Å². The van der Waals surface area contributed by atoms with Gasteiger partial charge in [0.1, 0.15) is 0 Å². The second-order valence-electron chi connectivity index (χ2n) is 5.14. The molecule has 4 heteroatoms. The van der Waals surface area contributed by atoms with Gasteiger partial charge in [0.15, 0.2) is 0 Å². The van der Waals surface area contributed by atoms with E-state index in [-0.39, 0.29) is 11.9 Å². The van der Waals surface area contributed by atoms with E-state index in [1.165, 1.54) is 12.8 Å². The molecule has 1 unspecified atom stereocenters. The van der Waals surface area contributed by atoms with Crippen LogP contribution in [0, 0.1) is 0 Å². The summed E-state index contributed by atoms with van der Waals surface area (Å²) in [7, 11) is 0. The molecule has 1 fully saturated rings. The molecule has 0 spiro atoms. The summed E-state index contributed by atoms with van der Waals surface area (Å²) in [6, 6.07) is 1.39. The predicted octanol–water partition coefficient (Wildman–Crippen LogP) is 0.713. The molecule has 1 saturated heterocycles. The number of primary amides is 1. The van der Waals surface area contributed by atoms with Crippen LogP contribution in [0.5, 0.6) is 0 Å². The van der Waals surface area contributed by atoms with Gasteiger partial charge in [-0.3, -0.25) is 4.79 Å². The molecule has 4 nitrogen and oxygen atoms in total. The number of piperidine rings is 1. The monoisotopic (exact) mass is 227 g/mol. The van der Waals surface area contributed by atoms with Crippen LogP contribution in [0.3, 0.4) is 0 Å². The highest BCUT2D eigenvalue weighted by molar-refractivity contribution is 5.74. The zero-order valence-electron chi connectivity index (χ0n) is 10.7. The molecule has 1 aliphatic heterocycles. The Morgan fingerprint density at radius 1 is 1.38 bits per heavy atom. The molecule has 1 atom stereocenters. The second kappa shape index (κ2) is 6.21. The summed E-state index contributed by atoms with van der Waals surface area (Å²) in [4.78, 5) is 13.3. The number of nitrogens with one attached hydrogen (secondary N) is 1. The van der Waals surface area contributed by atoms with Gasteiger partial charge in [0, 0.05) is 24.5 Å². The zero-order chi connectivity index (χ0) is 12.1. The van der Waals surface area contributed by atoms with Crippen LogP contribution in [0.15, 0.2) is 0 Å². The lowest BCUT2D eigenvalue weighted by Gasteiger charge is -2.36. The van der Waals surface area contributed by atoms with Crippen molar-refractivity contribution in [3.63, 3.8) is 0 Å². The van der Waals surface area contributed by atoms with E-state index in [1.807, 2.05) is 6.92 Å². The van der Waals surface area contributed by atoms with Crippen molar-refractivity contribution in [3.05, 3.63) is 0 Å². The maximum absolute atomic E-state index is 10.8. The van der Waals surface area contributed by atoms with Crippen LogP contribution in [0.2, 0.25) is 0 Å². The smallest absolute Gasteiger partial charge is 0.218 e. The summed E-state index contributed by atoms with van der Waals surface area (Å²) < 4.78 is 0. The van der Waals surface area contributed by atoms with E-state index in [0.717, 1.165) is 13.1 Å². The predicted molar refractivity (Wildman–Crippen MR) is 66.1 cm³/mol. The molecule has 0 radical (unpaired) electrons. The summed E-state index contributed by atoms with van der Waals surface area (Å²) in [5.74, 6) is -0.223. The molecule has 0 bridgehead atoms.